The Bertz CT molecular complexity index is 1190. The van der Waals surface area contributed by atoms with E-state index < -0.39 is 11.8 Å². The Balaban J connectivity index is 1.76. The molecule has 0 bridgehead atoms. The maximum Gasteiger partial charge on any atom is 0.171 e. The van der Waals surface area contributed by atoms with E-state index in [0.29, 0.717) is 12.0 Å². The fourth-order valence-corrected chi connectivity index (χ4v) is 5.49. The summed E-state index contributed by atoms with van der Waals surface area (Å²) < 4.78 is 0. The lowest BCUT2D eigenvalue weighted by molar-refractivity contribution is -0.124. The van der Waals surface area contributed by atoms with Crippen molar-refractivity contribution in [3.05, 3.63) is 102 Å². The molecule has 160 valence electrons. The smallest absolute Gasteiger partial charge is 0.171 e. The summed E-state index contributed by atoms with van der Waals surface area (Å²) in [5.41, 5.74) is 4.18. The molecule has 3 atom stereocenters. The lowest BCUT2D eigenvalue weighted by Crippen LogP contribution is -2.42. The number of para-hydroxylation sites is 1. The second-order valence-electron chi connectivity index (χ2n) is 9.77. The third-order valence-corrected chi connectivity index (χ3v) is 6.80. The normalized spacial score (nSPS) is 24.0. The van der Waals surface area contributed by atoms with Gasteiger partial charge in [0.05, 0.1) is 17.5 Å². The predicted octanol–water partition coefficient (Wildman–Crippen LogP) is 6.53. The Morgan fingerprint density at radius 1 is 0.844 bits per heavy atom. The van der Waals surface area contributed by atoms with Gasteiger partial charge in [-0.25, -0.2) is 0 Å². The van der Waals surface area contributed by atoms with Crippen LogP contribution in [-0.4, -0.2) is 17.3 Å². The van der Waals surface area contributed by atoms with Crippen molar-refractivity contribution >= 4 is 23.0 Å². The molecule has 0 N–H and O–H groups in total. The summed E-state index contributed by atoms with van der Waals surface area (Å²) in [6, 6.07) is 27.4. The highest BCUT2D eigenvalue weighted by molar-refractivity contribution is 6.12. The Kier molecular flexibility index (Phi) is 5.13. The summed E-state index contributed by atoms with van der Waals surface area (Å²) in [7, 11) is 0. The van der Waals surface area contributed by atoms with Gasteiger partial charge >= 0.3 is 0 Å². The molecule has 3 aromatic carbocycles. The van der Waals surface area contributed by atoms with Crippen LogP contribution < -0.4 is 0 Å². The van der Waals surface area contributed by atoms with Crippen molar-refractivity contribution in [3.8, 4) is 0 Å². The number of Topliss-reactive ketones (excluding diaryl/α,β-unsaturated/α-hetero) is 2. The van der Waals surface area contributed by atoms with Gasteiger partial charge in [-0.2, -0.15) is 0 Å². The lowest BCUT2D eigenvalue weighted by Gasteiger charge is -2.39. The lowest BCUT2D eigenvalue weighted by atomic mass is 9.62. The van der Waals surface area contributed by atoms with E-state index in [9.17, 15) is 9.59 Å². The van der Waals surface area contributed by atoms with Crippen LogP contribution in [-0.2, 0) is 4.79 Å². The van der Waals surface area contributed by atoms with E-state index >= 15 is 0 Å². The van der Waals surface area contributed by atoms with Crippen molar-refractivity contribution in [2.24, 2.45) is 16.3 Å². The Morgan fingerprint density at radius 2 is 1.47 bits per heavy atom. The first-order valence-electron chi connectivity index (χ1n) is 11.3. The van der Waals surface area contributed by atoms with Crippen LogP contribution in [0.25, 0.3) is 0 Å². The molecule has 0 aromatic heterocycles. The molecule has 0 spiro atoms. The quantitative estimate of drug-likeness (QED) is 0.452. The molecule has 3 heteroatoms. The van der Waals surface area contributed by atoms with E-state index in [1.54, 1.807) is 0 Å². The maximum absolute atomic E-state index is 14.0. The molecule has 0 saturated heterocycles. The second kappa shape index (κ2) is 7.98. The van der Waals surface area contributed by atoms with E-state index in [-0.39, 0.29) is 22.9 Å². The van der Waals surface area contributed by atoms with Crippen molar-refractivity contribution in [1.82, 2.24) is 0 Å². The van der Waals surface area contributed by atoms with E-state index in [1.165, 1.54) is 0 Å². The molecule has 0 radical (unpaired) electrons. The third kappa shape index (κ3) is 3.62. The number of hydrogen-bond acceptors (Lipinski definition) is 3. The van der Waals surface area contributed by atoms with Crippen molar-refractivity contribution in [2.75, 3.05) is 0 Å². The van der Waals surface area contributed by atoms with Crippen molar-refractivity contribution < 1.29 is 9.59 Å². The summed E-state index contributed by atoms with van der Waals surface area (Å²) in [5, 5.41) is 0. The fourth-order valence-electron chi connectivity index (χ4n) is 5.49. The summed E-state index contributed by atoms with van der Waals surface area (Å²) in [6.07, 6.45) is 1.26. The van der Waals surface area contributed by atoms with Crippen LogP contribution in [0.3, 0.4) is 0 Å². The number of ketones is 2. The van der Waals surface area contributed by atoms with Crippen LogP contribution in [0, 0.1) is 11.3 Å². The van der Waals surface area contributed by atoms with Gasteiger partial charge < -0.3 is 0 Å². The number of hydrogen-bond donors (Lipinski definition) is 0. The van der Waals surface area contributed by atoms with Crippen LogP contribution in [0.4, 0.5) is 5.69 Å². The molecule has 2 aliphatic rings. The van der Waals surface area contributed by atoms with Gasteiger partial charge in [0.1, 0.15) is 5.78 Å². The van der Waals surface area contributed by atoms with Crippen LogP contribution >= 0.6 is 0 Å². The Morgan fingerprint density at radius 3 is 2.19 bits per heavy atom. The Hall–Kier alpha value is -3.33. The minimum absolute atomic E-state index is 0.0426. The molecular formula is C29H27NO2. The number of nitrogens with zero attached hydrogens (tertiary/aromatic N) is 1. The van der Waals surface area contributed by atoms with Gasteiger partial charge in [0.25, 0.3) is 0 Å². The predicted molar refractivity (Wildman–Crippen MR) is 128 cm³/mol. The number of carbonyl (C=O) groups is 2. The fraction of sp³-hybridized carbons (Fsp3) is 0.276. The monoisotopic (exact) mass is 421 g/mol. The molecule has 1 fully saturated rings. The molecule has 32 heavy (non-hydrogen) atoms. The van der Waals surface area contributed by atoms with E-state index in [1.807, 2.05) is 72.8 Å². The van der Waals surface area contributed by atoms with Crippen LogP contribution in [0.1, 0.15) is 60.0 Å². The zero-order chi connectivity index (χ0) is 22.3. The molecular weight excluding hydrogens is 394 g/mol. The van der Waals surface area contributed by atoms with Gasteiger partial charge in [-0.1, -0.05) is 92.7 Å². The van der Waals surface area contributed by atoms with Crippen LogP contribution in [0.5, 0.6) is 0 Å². The standard InChI is InChI=1S/C29H27NO2/c1-29(2)17-23-27(24(31)18-29)25(19-11-5-3-6-12-19)26(21-15-9-10-16-22(21)30-23)28(32)20-13-7-4-8-14-20/h3-16,25-27H,17-18H2,1-2H3. The minimum Gasteiger partial charge on any atom is -0.299 e. The molecule has 5 rings (SSSR count). The number of aliphatic imine (C=N–C) groups is 1. The molecule has 3 aromatic rings. The van der Waals surface area contributed by atoms with Crippen LogP contribution in [0.2, 0.25) is 0 Å². The largest absolute Gasteiger partial charge is 0.299 e. The highest BCUT2D eigenvalue weighted by atomic mass is 16.1. The van der Waals surface area contributed by atoms with E-state index in [0.717, 1.165) is 28.9 Å². The molecule has 0 amide bonds. The zero-order valence-corrected chi connectivity index (χ0v) is 18.5. The highest BCUT2D eigenvalue weighted by Crippen LogP contribution is 2.51. The van der Waals surface area contributed by atoms with E-state index in [4.69, 9.17) is 4.99 Å². The topological polar surface area (TPSA) is 46.5 Å². The van der Waals surface area contributed by atoms with E-state index in [2.05, 4.69) is 26.0 Å². The Labute approximate surface area is 189 Å². The number of fused-ring (bicyclic) bond motifs is 2. The van der Waals surface area contributed by atoms with Crippen LogP contribution in [0.15, 0.2) is 89.9 Å². The SMILES string of the molecule is CC1(C)CC(=O)C2C(=Nc3ccccc3C(C(=O)c3ccccc3)C2c2ccccc2)C1. The van der Waals surface area contributed by atoms with Gasteiger partial charge in [0.15, 0.2) is 5.78 Å². The van der Waals surface area contributed by atoms with Gasteiger partial charge in [0.2, 0.25) is 0 Å². The first kappa shape index (κ1) is 20.6. The number of rotatable bonds is 3. The van der Waals surface area contributed by atoms with Crippen molar-refractivity contribution in [2.45, 2.75) is 38.5 Å². The third-order valence-electron chi connectivity index (χ3n) is 6.80. The summed E-state index contributed by atoms with van der Waals surface area (Å²) in [5.74, 6) is -0.925. The summed E-state index contributed by atoms with van der Waals surface area (Å²) in [4.78, 5) is 32.7. The summed E-state index contributed by atoms with van der Waals surface area (Å²) in [6.45, 7) is 4.26. The highest BCUT2D eigenvalue weighted by Gasteiger charge is 2.48. The molecule has 3 unspecified atom stereocenters. The average molecular weight is 422 g/mol. The first-order chi connectivity index (χ1) is 15.4. The van der Waals surface area contributed by atoms with Gasteiger partial charge in [-0.15, -0.1) is 0 Å². The maximum atomic E-state index is 14.0. The molecule has 1 saturated carbocycles. The second-order valence-corrected chi connectivity index (χ2v) is 9.77. The number of benzene rings is 3. The summed E-state index contributed by atoms with van der Waals surface area (Å²) >= 11 is 0. The van der Waals surface area contributed by atoms with Gasteiger partial charge in [-0.3, -0.25) is 14.6 Å². The van der Waals surface area contributed by atoms with Crippen molar-refractivity contribution in [1.29, 1.82) is 0 Å². The van der Waals surface area contributed by atoms with Gasteiger partial charge in [0, 0.05) is 23.6 Å². The van der Waals surface area contributed by atoms with Crippen molar-refractivity contribution in [3.63, 3.8) is 0 Å². The minimum atomic E-state index is -0.479. The first-order valence-corrected chi connectivity index (χ1v) is 11.3. The molecule has 1 aliphatic heterocycles. The molecule has 1 aliphatic carbocycles. The van der Waals surface area contributed by atoms with Gasteiger partial charge in [-0.05, 0) is 29.0 Å². The molecule has 1 heterocycles. The number of carbonyl (C=O) groups excluding carboxylic acids is 2. The molecule has 3 nitrogen and oxygen atoms in total. The average Bonchev–Trinajstić information content (AvgIpc) is 2.93. The zero-order valence-electron chi connectivity index (χ0n) is 18.5.